The molecule has 0 fully saturated rings. The van der Waals surface area contributed by atoms with E-state index in [1.807, 2.05) is 0 Å². The van der Waals surface area contributed by atoms with Crippen molar-refractivity contribution < 1.29 is 0 Å². The molecule has 118 valence electrons. The monoisotopic (exact) mass is 278 g/mol. The smallest absolute Gasteiger partial charge is 0.00931 e. The van der Waals surface area contributed by atoms with Gasteiger partial charge in [-0.2, -0.15) is 0 Å². The highest BCUT2D eigenvalue weighted by Crippen LogP contribution is 2.41. The summed E-state index contributed by atoms with van der Waals surface area (Å²) in [5, 5.41) is 0. The van der Waals surface area contributed by atoms with Crippen LogP contribution in [0.25, 0.3) is 0 Å². The van der Waals surface area contributed by atoms with Gasteiger partial charge in [0.25, 0.3) is 0 Å². The fraction of sp³-hybridized carbons (Fsp3) is 0.800. The predicted molar refractivity (Wildman–Crippen MR) is 94.1 cm³/mol. The molecule has 0 saturated heterocycles. The first kappa shape index (κ1) is 19.5. The van der Waals surface area contributed by atoms with E-state index >= 15 is 0 Å². The first-order valence-corrected chi connectivity index (χ1v) is 8.53. The summed E-state index contributed by atoms with van der Waals surface area (Å²) in [6.45, 7) is 18.5. The van der Waals surface area contributed by atoms with Gasteiger partial charge in [0.1, 0.15) is 0 Å². The Morgan fingerprint density at radius 3 is 1.80 bits per heavy atom. The summed E-state index contributed by atoms with van der Waals surface area (Å²) in [7, 11) is 0. The molecule has 0 unspecified atom stereocenters. The minimum Gasteiger partial charge on any atom is -0.0859 e. The molecule has 0 aromatic heterocycles. The Balaban J connectivity index is 4.95. The van der Waals surface area contributed by atoms with E-state index in [0.717, 1.165) is 0 Å². The first-order chi connectivity index (χ1) is 9.23. The molecule has 0 amide bonds. The highest BCUT2D eigenvalue weighted by molar-refractivity contribution is 5.13. The second-order valence-electron chi connectivity index (χ2n) is 7.42. The van der Waals surface area contributed by atoms with Gasteiger partial charge in [0.05, 0.1) is 0 Å². The van der Waals surface area contributed by atoms with E-state index in [2.05, 4.69) is 67.5 Å². The van der Waals surface area contributed by atoms with Gasteiger partial charge in [0.2, 0.25) is 0 Å². The molecule has 0 rings (SSSR count). The Kier molecular flexibility index (Phi) is 8.47. The quantitative estimate of drug-likeness (QED) is 0.388. The largest absolute Gasteiger partial charge is 0.0859 e. The molecule has 0 saturated carbocycles. The maximum Gasteiger partial charge on any atom is -0.00931 e. The van der Waals surface area contributed by atoms with Gasteiger partial charge in [-0.05, 0) is 63.7 Å². The average Bonchev–Trinajstić information content (AvgIpc) is 2.41. The van der Waals surface area contributed by atoms with Crippen molar-refractivity contribution in [2.45, 2.75) is 93.9 Å². The fourth-order valence-corrected chi connectivity index (χ4v) is 2.79. The van der Waals surface area contributed by atoms with Crippen LogP contribution in [0, 0.1) is 10.8 Å². The summed E-state index contributed by atoms with van der Waals surface area (Å²) in [4.78, 5) is 0. The third kappa shape index (κ3) is 6.29. The Bertz CT molecular complexity index is 320. The zero-order valence-electron chi connectivity index (χ0n) is 15.4. The maximum atomic E-state index is 2.53. The van der Waals surface area contributed by atoms with Crippen LogP contribution in [0.4, 0.5) is 0 Å². The average molecular weight is 279 g/mol. The lowest BCUT2D eigenvalue weighted by molar-refractivity contribution is 0.296. The SMILES string of the molecule is CCC(C)(C)CC=C(C)C(CC)(CC)CCC=C(C)C. The maximum absolute atomic E-state index is 2.53. The molecule has 0 nitrogen and oxygen atoms in total. The molecule has 0 heteroatoms. The van der Waals surface area contributed by atoms with E-state index in [4.69, 9.17) is 0 Å². The lowest BCUT2D eigenvalue weighted by Gasteiger charge is -2.34. The summed E-state index contributed by atoms with van der Waals surface area (Å²) in [5.74, 6) is 0. The molecule has 0 aliphatic carbocycles. The van der Waals surface area contributed by atoms with Crippen molar-refractivity contribution in [1.82, 2.24) is 0 Å². The van der Waals surface area contributed by atoms with Gasteiger partial charge in [-0.1, -0.05) is 64.3 Å². The van der Waals surface area contributed by atoms with Crippen LogP contribution in [-0.2, 0) is 0 Å². The Hall–Kier alpha value is -0.520. The van der Waals surface area contributed by atoms with Gasteiger partial charge < -0.3 is 0 Å². The fourth-order valence-electron chi connectivity index (χ4n) is 2.79. The molecule has 0 aliphatic rings. The Morgan fingerprint density at radius 2 is 1.40 bits per heavy atom. The van der Waals surface area contributed by atoms with Crippen LogP contribution >= 0.6 is 0 Å². The van der Waals surface area contributed by atoms with E-state index < -0.39 is 0 Å². The summed E-state index contributed by atoms with van der Waals surface area (Å²) < 4.78 is 0. The van der Waals surface area contributed by atoms with Crippen molar-refractivity contribution in [3.05, 3.63) is 23.3 Å². The van der Waals surface area contributed by atoms with E-state index in [1.54, 1.807) is 5.57 Å². The van der Waals surface area contributed by atoms with Crippen molar-refractivity contribution >= 4 is 0 Å². The minimum atomic E-state index is 0.412. The number of hydrogen-bond acceptors (Lipinski definition) is 0. The van der Waals surface area contributed by atoms with Crippen LogP contribution in [0.1, 0.15) is 93.9 Å². The predicted octanol–water partition coefficient (Wildman–Crippen LogP) is 7.31. The van der Waals surface area contributed by atoms with E-state index in [9.17, 15) is 0 Å². The number of allylic oxidation sites excluding steroid dienone is 4. The molecule has 0 heterocycles. The van der Waals surface area contributed by atoms with E-state index in [0.29, 0.717) is 10.8 Å². The standard InChI is InChI=1S/C20H38/c1-9-19(7,8)16-14-18(6)20(10-2,11-3)15-12-13-17(4)5/h13-14H,9-12,15-16H2,1-8H3. The van der Waals surface area contributed by atoms with Gasteiger partial charge in [-0.15, -0.1) is 0 Å². The molecule has 20 heavy (non-hydrogen) atoms. The van der Waals surface area contributed by atoms with Crippen LogP contribution in [-0.4, -0.2) is 0 Å². The molecule has 0 bridgehead atoms. The van der Waals surface area contributed by atoms with Crippen LogP contribution in [0.3, 0.4) is 0 Å². The third-order valence-corrected chi connectivity index (χ3v) is 5.28. The van der Waals surface area contributed by atoms with Crippen LogP contribution < -0.4 is 0 Å². The van der Waals surface area contributed by atoms with Crippen molar-refractivity contribution in [2.24, 2.45) is 10.8 Å². The Labute approximate surface area is 128 Å². The van der Waals surface area contributed by atoms with E-state index in [1.165, 1.54) is 44.1 Å². The molecule has 0 radical (unpaired) electrons. The van der Waals surface area contributed by atoms with Crippen molar-refractivity contribution in [2.75, 3.05) is 0 Å². The third-order valence-electron chi connectivity index (χ3n) is 5.28. The van der Waals surface area contributed by atoms with Gasteiger partial charge in [-0.3, -0.25) is 0 Å². The second-order valence-corrected chi connectivity index (χ2v) is 7.42. The minimum absolute atomic E-state index is 0.412. The van der Waals surface area contributed by atoms with Crippen molar-refractivity contribution in [1.29, 1.82) is 0 Å². The normalized spacial score (nSPS) is 13.5. The highest BCUT2D eigenvalue weighted by Gasteiger charge is 2.27. The molecular formula is C20H38. The van der Waals surface area contributed by atoms with Crippen molar-refractivity contribution in [3.63, 3.8) is 0 Å². The zero-order chi connectivity index (χ0) is 15.8. The van der Waals surface area contributed by atoms with E-state index in [-0.39, 0.29) is 0 Å². The molecule has 0 spiro atoms. The molecule has 0 aromatic carbocycles. The highest BCUT2D eigenvalue weighted by atomic mass is 14.3. The van der Waals surface area contributed by atoms with Gasteiger partial charge in [0, 0.05) is 0 Å². The van der Waals surface area contributed by atoms with Crippen LogP contribution in [0.2, 0.25) is 0 Å². The molecule has 0 aliphatic heterocycles. The number of hydrogen-bond donors (Lipinski definition) is 0. The topological polar surface area (TPSA) is 0 Å². The summed E-state index contributed by atoms with van der Waals surface area (Å²) in [6, 6.07) is 0. The lowest BCUT2D eigenvalue weighted by Crippen LogP contribution is -2.21. The Morgan fingerprint density at radius 1 is 0.850 bits per heavy atom. The summed E-state index contributed by atoms with van der Waals surface area (Å²) >= 11 is 0. The van der Waals surface area contributed by atoms with Crippen molar-refractivity contribution in [3.8, 4) is 0 Å². The number of rotatable bonds is 9. The molecule has 0 atom stereocenters. The van der Waals surface area contributed by atoms with Gasteiger partial charge in [0.15, 0.2) is 0 Å². The molecule has 0 N–H and O–H groups in total. The molecule has 0 aromatic rings. The van der Waals surface area contributed by atoms with Gasteiger partial charge in [-0.25, -0.2) is 0 Å². The zero-order valence-corrected chi connectivity index (χ0v) is 15.4. The first-order valence-electron chi connectivity index (χ1n) is 8.53. The summed E-state index contributed by atoms with van der Waals surface area (Å²) in [6.07, 6.45) is 12.4. The summed E-state index contributed by atoms with van der Waals surface area (Å²) in [5.41, 5.74) is 3.91. The van der Waals surface area contributed by atoms with Crippen LogP contribution in [0.15, 0.2) is 23.3 Å². The van der Waals surface area contributed by atoms with Gasteiger partial charge >= 0.3 is 0 Å². The van der Waals surface area contributed by atoms with Crippen LogP contribution in [0.5, 0.6) is 0 Å². The molecular weight excluding hydrogens is 240 g/mol. The lowest BCUT2D eigenvalue weighted by atomic mass is 9.71. The second kappa shape index (κ2) is 8.70.